The molecule has 0 amide bonds. The number of fused-ring (bicyclic) bond motifs is 1. The Balaban J connectivity index is 2.14. The van der Waals surface area contributed by atoms with E-state index >= 15 is 0 Å². The summed E-state index contributed by atoms with van der Waals surface area (Å²) in [6, 6.07) is 6.33. The number of imidazole rings is 1. The van der Waals surface area contributed by atoms with Gasteiger partial charge in [0, 0.05) is 25.0 Å². The molecule has 5 heteroatoms. The zero-order chi connectivity index (χ0) is 13.2. The van der Waals surface area contributed by atoms with Gasteiger partial charge in [0.2, 0.25) is 0 Å². The number of benzene rings is 1. The number of rotatable bonds is 4. The van der Waals surface area contributed by atoms with Gasteiger partial charge >= 0.3 is 0 Å². The Labute approximate surface area is 117 Å². The van der Waals surface area contributed by atoms with Crippen LogP contribution in [0.25, 0.3) is 11.0 Å². The van der Waals surface area contributed by atoms with Gasteiger partial charge in [-0.15, -0.1) is 11.6 Å². The maximum absolute atomic E-state index is 5.89. The summed E-state index contributed by atoms with van der Waals surface area (Å²) in [6.45, 7) is 1.56. The first-order valence-electron chi connectivity index (χ1n) is 6.52. The summed E-state index contributed by atoms with van der Waals surface area (Å²) < 4.78 is 13.1. The van der Waals surface area contributed by atoms with Gasteiger partial charge in [-0.3, -0.25) is 0 Å². The molecule has 0 spiro atoms. The third kappa shape index (κ3) is 2.30. The number of hydrogen-bond acceptors (Lipinski definition) is 3. The summed E-state index contributed by atoms with van der Waals surface area (Å²) in [6.07, 6.45) is 1.80. The highest BCUT2D eigenvalue weighted by atomic mass is 35.5. The average Bonchev–Trinajstić information content (AvgIpc) is 3.04. The Morgan fingerprint density at radius 1 is 1.53 bits per heavy atom. The molecule has 0 bridgehead atoms. The van der Waals surface area contributed by atoms with Crippen molar-refractivity contribution in [3.8, 4) is 5.75 Å². The van der Waals surface area contributed by atoms with E-state index in [0.717, 1.165) is 48.7 Å². The quantitative estimate of drug-likeness (QED) is 0.808. The van der Waals surface area contributed by atoms with Crippen LogP contribution in [-0.2, 0) is 11.2 Å². The molecular weight excluding hydrogens is 264 g/mol. The number of methoxy groups -OCH3 is 1. The average molecular weight is 281 g/mol. The lowest BCUT2D eigenvalue weighted by Gasteiger charge is -2.15. The van der Waals surface area contributed by atoms with Crippen LogP contribution in [0.1, 0.15) is 18.3 Å². The lowest BCUT2D eigenvalue weighted by Crippen LogP contribution is -2.12. The summed E-state index contributed by atoms with van der Waals surface area (Å²) in [5.74, 6) is 2.47. The van der Waals surface area contributed by atoms with Crippen LogP contribution in [0.15, 0.2) is 18.2 Å². The fraction of sp³-hybridized carbons (Fsp3) is 0.500. The van der Waals surface area contributed by atoms with Crippen molar-refractivity contribution in [2.24, 2.45) is 0 Å². The van der Waals surface area contributed by atoms with E-state index in [1.54, 1.807) is 7.11 Å². The van der Waals surface area contributed by atoms with E-state index in [1.807, 2.05) is 18.2 Å². The zero-order valence-electron chi connectivity index (χ0n) is 10.9. The third-order valence-electron chi connectivity index (χ3n) is 3.56. The van der Waals surface area contributed by atoms with Gasteiger partial charge in [0.1, 0.15) is 11.6 Å². The van der Waals surface area contributed by atoms with Gasteiger partial charge in [-0.1, -0.05) is 0 Å². The molecule has 102 valence electrons. The van der Waals surface area contributed by atoms with Crippen LogP contribution in [0.2, 0.25) is 0 Å². The second kappa shape index (κ2) is 5.39. The lowest BCUT2D eigenvalue weighted by molar-refractivity contribution is 0.186. The molecule has 0 N–H and O–H groups in total. The fourth-order valence-electron chi connectivity index (χ4n) is 2.64. The van der Waals surface area contributed by atoms with E-state index in [1.165, 1.54) is 0 Å². The number of alkyl halides is 1. The molecular formula is C14H17ClN2O2. The molecule has 3 rings (SSSR count). The first kappa shape index (κ1) is 12.8. The first-order valence-corrected chi connectivity index (χ1v) is 7.05. The molecule has 0 saturated carbocycles. The molecule has 2 heterocycles. The lowest BCUT2D eigenvalue weighted by atomic mass is 10.2. The normalized spacial score (nSPS) is 19.2. The number of aryl methyl sites for hydroxylation is 1. The topological polar surface area (TPSA) is 36.3 Å². The van der Waals surface area contributed by atoms with E-state index in [-0.39, 0.29) is 0 Å². The summed E-state index contributed by atoms with van der Waals surface area (Å²) in [7, 11) is 1.68. The van der Waals surface area contributed by atoms with Gasteiger partial charge in [0.15, 0.2) is 0 Å². The minimum absolute atomic E-state index is 0.357. The Kier molecular flexibility index (Phi) is 3.62. The molecule has 1 unspecified atom stereocenters. The highest BCUT2D eigenvalue weighted by molar-refractivity contribution is 6.17. The smallest absolute Gasteiger partial charge is 0.121 e. The van der Waals surface area contributed by atoms with Crippen molar-refractivity contribution in [2.45, 2.75) is 18.9 Å². The Morgan fingerprint density at radius 3 is 3.11 bits per heavy atom. The third-order valence-corrected chi connectivity index (χ3v) is 3.75. The molecule has 1 saturated heterocycles. The molecule has 2 aromatic rings. The number of nitrogens with zero attached hydrogens (tertiary/aromatic N) is 2. The Hall–Kier alpha value is -1.26. The molecule has 0 radical (unpaired) electrons. The molecule has 0 aliphatic carbocycles. The first-order chi connectivity index (χ1) is 9.33. The summed E-state index contributed by atoms with van der Waals surface area (Å²) in [5.41, 5.74) is 2.10. The predicted octanol–water partition coefficient (Wildman–Crippen LogP) is 2.79. The minimum atomic E-state index is 0.357. The van der Waals surface area contributed by atoms with Crippen molar-refractivity contribution >= 4 is 22.6 Å². The van der Waals surface area contributed by atoms with Crippen LogP contribution in [-0.4, -0.2) is 35.8 Å². The summed E-state index contributed by atoms with van der Waals surface area (Å²) >= 11 is 5.89. The summed E-state index contributed by atoms with van der Waals surface area (Å²) in [5, 5.41) is 0. The van der Waals surface area contributed by atoms with E-state index in [0.29, 0.717) is 11.9 Å². The molecule has 1 aromatic heterocycles. The van der Waals surface area contributed by atoms with E-state index in [9.17, 15) is 0 Å². The largest absolute Gasteiger partial charge is 0.497 e. The van der Waals surface area contributed by atoms with Crippen molar-refractivity contribution in [1.29, 1.82) is 0 Å². The maximum atomic E-state index is 5.89. The van der Waals surface area contributed by atoms with Crippen LogP contribution >= 0.6 is 11.6 Å². The Bertz CT molecular complexity index is 576. The highest BCUT2D eigenvalue weighted by Crippen LogP contribution is 2.29. The van der Waals surface area contributed by atoms with Crippen LogP contribution < -0.4 is 4.74 Å². The predicted molar refractivity (Wildman–Crippen MR) is 75.2 cm³/mol. The molecule has 1 aliphatic heterocycles. The Morgan fingerprint density at radius 2 is 2.42 bits per heavy atom. The molecule has 1 fully saturated rings. The van der Waals surface area contributed by atoms with Crippen molar-refractivity contribution in [3.63, 3.8) is 0 Å². The molecule has 4 nitrogen and oxygen atoms in total. The standard InChI is InChI=1S/C14H17ClN2O2/c1-18-11-2-3-12-13(8-11)17(10-5-7-19-9-10)14(16-12)4-6-15/h2-3,8,10H,4-7,9H2,1H3. The van der Waals surface area contributed by atoms with Gasteiger partial charge in [-0.05, 0) is 18.6 Å². The van der Waals surface area contributed by atoms with E-state index in [2.05, 4.69) is 9.55 Å². The highest BCUT2D eigenvalue weighted by Gasteiger charge is 2.23. The molecule has 1 atom stereocenters. The zero-order valence-corrected chi connectivity index (χ0v) is 11.7. The van der Waals surface area contributed by atoms with Crippen molar-refractivity contribution < 1.29 is 9.47 Å². The van der Waals surface area contributed by atoms with Gasteiger partial charge in [0.25, 0.3) is 0 Å². The number of ether oxygens (including phenoxy) is 2. The summed E-state index contributed by atoms with van der Waals surface area (Å²) in [4.78, 5) is 4.69. The maximum Gasteiger partial charge on any atom is 0.121 e. The van der Waals surface area contributed by atoms with Crippen LogP contribution in [0.3, 0.4) is 0 Å². The SMILES string of the molecule is COc1ccc2nc(CCCl)n(C3CCOC3)c2c1. The fourth-order valence-corrected chi connectivity index (χ4v) is 2.81. The van der Waals surface area contributed by atoms with Crippen LogP contribution in [0.4, 0.5) is 0 Å². The minimum Gasteiger partial charge on any atom is -0.497 e. The van der Waals surface area contributed by atoms with Gasteiger partial charge in [-0.2, -0.15) is 0 Å². The van der Waals surface area contributed by atoms with Crippen LogP contribution in [0.5, 0.6) is 5.75 Å². The van der Waals surface area contributed by atoms with E-state index < -0.39 is 0 Å². The van der Waals surface area contributed by atoms with Gasteiger partial charge < -0.3 is 14.0 Å². The second-order valence-corrected chi connectivity index (χ2v) is 5.09. The molecule has 1 aliphatic rings. The van der Waals surface area contributed by atoms with Crippen molar-refractivity contribution in [2.75, 3.05) is 26.2 Å². The number of aromatic nitrogens is 2. The van der Waals surface area contributed by atoms with Crippen LogP contribution in [0, 0.1) is 0 Å². The van der Waals surface area contributed by atoms with E-state index in [4.69, 9.17) is 21.1 Å². The number of hydrogen-bond donors (Lipinski definition) is 0. The molecule has 1 aromatic carbocycles. The monoisotopic (exact) mass is 280 g/mol. The second-order valence-electron chi connectivity index (χ2n) is 4.71. The molecule has 19 heavy (non-hydrogen) atoms. The van der Waals surface area contributed by atoms with Gasteiger partial charge in [-0.25, -0.2) is 4.98 Å². The van der Waals surface area contributed by atoms with Gasteiger partial charge in [0.05, 0.1) is 30.8 Å². The van der Waals surface area contributed by atoms with Crippen molar-refractivity contribution in [3.05, 3.63) is 24.0 Å². The van der Waals surface area contributed by atoms with Crippen molar-refractivity contribution in [1.82, 2.24) is 9.55 Å². The number of halogens is 1.